The second-order valence-corrected chi connectivity index (χ2v) is 2.18. The Hall–Kier alpha value is -1.59. The number of halogens is 3. The Morgan fingerprint density at radius 2 is 2.08 bits per heavy atom. The number of rotatable bonds is 2. The molecule has 1 N–H and O–H groups in total. The van der Waals surface area contributed by atoms with E-state index in [-0.39, 0.29) is 0 Å². The smallest absolute Gasteiger partial charge is 0.340 e. The summed E-state index contributed by atoms with van der Waals surface area (Å²) in [5.41, 5.74) is -1.49. The molecule has 1 aromatic heterocycles. The van der Waals surface area contributed by atoms with Gasteiger partial charge in [-0.1, -0.05) is 0 Å². The second kappa shape index (κ2) is 3.42. The molecule has 1 heterocycles. The molecule has 70 valence electrons. The number of hydrogen-bond acceptors (Lipinski definition) is 2. The molecule has 3 nitrogen and oxygen atoms in total. The Bertz CT molecular complexity index is 341. The minimum atomic E-state index is -2.91. The molecule has 0 fully saturated rings. The first-order valence-corrected chi connectivity index (χ1v) is 3.20. The number of nitrogens with zero attached hydrogens (tertiary/aromatic N) is 1. The average Bonchev–Trinajstić information content (AvgIpc) is 2.03. The highest BCUT2D eigenvalue weighted by Crippen LogP contribution is 2.17. The van der Waals surface area contributed by atoms with Crippen LogP contribution in [0.2, 0.25) is 0 Å². The normalized spacial score (nSPS) is 10.5. The van der Waals surface area contributed by atoms with Crippen LogP contribution < -0.4 is 0 Å². The first-order chi connectivity index (χ1) is 6.02. The summed E-state index contributed by atoms with van der Waals surface area (Å²) in [6.07, 6.45) is -2.91. The Labute approximate surface area is 70.8 Å². The highest BCUT2D eigenvalue weighted by Gasteiger charge is 2.15. The van der Waals surface area contributed by atoms with Crippen LogP contribution in [0, 0.1) is 5.95 Å². The van der Waals surface area contributed by atoms with Crippen LogP contribution in [0.4, 0.5) is 13.2 Å². The Morgan fingerprint density at radius 3 is 2.46 bits per heavy atom. The molecule has 0 aliphatic carbocycles. The van der Waals surface area contributed by atoms with Gasteiger partial charge in [0.2, 0.25) is 5.95 Å². The molecule has 0 bridgehead atoms. The van der Waals surface area contributed by atoms with Crippen LogP contribution >= 0.6 is 0 Å². The quantitative estimate of drug-likeness (QED) is 0.725. The maximum absolute atomic E-state index is 12.6. The van der Waals surface area contributed by atoms with Crippen molar-refractivity contribution >= 4 is 5.97 Å². The van der Waals surface area contributed by atoms with E-state index >= 15 is 0 Å². The van der Waals surface area contributed by atoms with Crippen molar-refractivity contribution in [2.45, 2.75) is 6.43 Å². The lowest BCUT2D eigenvalue weighted by atomic mass is 10.2. The third-order valence-electron chi connectivity index (χ3n) is 1.32. The molecule has 1 aromatic rings. The SMILES string of the molecule is O=C(O)c1ccc(C(F)F)nc1F. The van der Waals surface area contributed by atoms with E-state index in [2.05, 4.69) is 4.98 Å². The van der Waals surface area contributed by atoms with Crippen molar-refractivity contribution in [3.8, 4) is 0 Å². The summed E-state index contributed by atoms with van der Waals surface area (Å²) in [4.78, 5) is 13.0. The van der Waals surface area contributed by atoms with Gasteiger partial charge < -0.3 is 5.11 Å². The number of aromatic carboxylic acids is 1. The fourth-order valence-corrected chi connectivity index (χ4v) is 0.729. The van der Waals surface area contributed by atoms with Crippen LogP contribution in [0.25, 0.3) is 0 Å². The monoisotopic (exact) mass is 191 g/mol. The van der Waals surface area contributed by atoms with Gasteiger partial charge in [-0.2, -0.15) is 4.39 Å². The zero-order valence-electron chi connectivity index (χ0n) is 6.17. The summed E-state index contributed by atoms with van der Waals surface area (Å²) in [5.74, 6) is -2.93. The van der Waals surface area contributed by atoms with E-state index < -0.39 is 29.6 Å². The van der Waals surface area contributed by atoms with Crippen LogP contribution in [0.1, 0.15) is 22.5 Å². The molecule has 13 heavy (non-hydrogen) atoms. The van der Waals surface area contributed by atoms with Crippen LogP contribution in [-0.2, 0) is 0 Å². The highest BCUT2D eigenvalue weighted by atomic mass is 19.3. The van der Waals surface area contributed by atoms with Crippen LogP contribution in [0.3, 0.4) is 0 Å². The van der Waals surface area contributed by atoms with Crippen molar-refractivity contribution in [2.75, 3.05) is 0 Å². The lowest BCUT2D eigenvalue weighted by molar-refractivity contribution is 0.0689. The molecule has 0 aliphatic heterocycles. The van der Waals surface area contributed by atoms with Gasteiger partial charge in [0.05, 0.1) is 0 Å². The van der Waals surface area contributed by atoms with Crippen molar-refractivity contribution < 1.29 is 23.1 Å². The topological polar surface area (TPSA) is 50.2 Å². The second-order valence-electron chi connectivity index (χ2n) is 2.18. The van der Waals surface area contributed by atoms with Crippen LogP contribution in [0.15, 0.2) is 12.1 Å². The van der Waals surface area contributed by atoms with Gasteiger partial charge in [-0.25, -0.2) is 18.6 Å². The zero-order valence-corrected chi connectivity index (χ0v) is 6.17. The number of carbonyl (C=O) groups is 1. The van der Waals surface area contributed by atoms with Crippen molar-refractivity contribution in [3.63, 3.8) is 0 Å². The van der Waals surface area contributed by atoms with Crippen molar-refractivity contribution in [1.29, 1.82) is 0 Å². The molecule has 0 spiro atoms. The molecule has 0 amide bonds. The molecule has 1 rings (SSSR count). The fraction of sp³-hybridized carbons (Fsp3) is 0.143. The summed E-state index contributed by atoms with van der Waals surface area (Å²) in [6, 6.07) is 1.53. The molecule has 0 saturated heterocycles. The summed E-state index contributed by atoms with van der Waals surface area (Å²) in [6.45, 7) is 0. The van der Waals surface area contributed by atoms with Gasteiger partial charge >= 0.3 is 5.97 Å². The molecular formula is C7H4F3NO2. The minimum Gasteiger partial charge on any atom is -0.478 e. The lowest BCUT2D eigenvalue weighted by Gasteiger charge is -2.00. The predicted octanol–water partition coefficient (Wildman–Crippen LogP) is 1.86. The maximum atomic E-state index is 12.6. The van der Waals surface area contributed by atoms with E-state index in [0.29, 0.717) is 0 Å². The Balaban J connectivity index is 3.13. The highest BCUT2D eigenvalue weighted by molar-refractivity contribution is 5.87. The molecule has 0 aliphatic rings. The Kier molecular flexibility index (Phi) is 2.50. The number of pyridine rings is 1. The molecule has 0 unspecified atom stereocenters. The molecule has 0 radical (unpaired) electrons. The summed E-state index contributed by atoms with van der Waals surface area (Å²) in [5, 5.41) is 8.33. The van der Waals surface area contributed by atoms with Gasteiger partial charge in [0, 0.05) is 0 Å². The van der Waals surface area contributed by atoms with Gasteiger partial charge in [0.25, 0.3) is 6.43 Å². The van der Waals surface area contributed by atoms with Crippen LogP contribution in [0.5, 0.6) is 0 Å². The van der Waals surface area contributed by atoms with Crippen molar-refractivity contribution in [1.82, 2.24) is 4.98 Å². The predicted molar refractivity (Wildman–Crippen MR) is 36.1 cm³/mol. The molecule has 0 atom stereocenters. The standard InChI is InChI=1S/C7H4F3NO2/c8-5(9)4-2-1-3(7(12)13)6(10)11-4/h1-2,5H,(H,12,13). The number of carboxylic acids is 1. The minimum absolute atomic E-state index is 0.718. The third kappa shape index (κ3) is 1.95. The third-order valence-corrected chi connectivity index (χ3v) is 1.32. The summed E-state index contributed by atoms with van der Waals surface area (Å²) in [7, 11) is 0. The maximum Gasteiger partial charge on any atom is 0.340 e. The summed E-state index contributed by atoms with van der Waals surface area (Å²) < 4.78 is 36.4. The van der Waals surface area contributed by atoms with Gasteiger partial charge in [-0.15, -0.1) is 0 Å². The van der Waals surface area contributed by atoms with Gasteiger partial charge in [0.15, 0.2) is 0 Å². The lowest BCUT2D eigenvalue weighted by Crippen LogP contribution is -2.04. The van der Waals surface area contributed by atoms with Crippen molar-refractivity contribution in [2.24, 2.45) is 0 Å². The van der Waals surface area contributed by atoms with E-state index in [1.54, 1.807) is 0 Å². The largest absolute Gasteiger partial charge is 0.478 e. The molecule has 0 aromatic carbocycles. The molecular weight excluding hydrogens is 187 g/mol. The number of hydrogen-bond donors (Lipinski definition) is 1. The van der Waals surface area contributed by atoms with E-state index in [4.69, 9.17) is 5.11 Å². The van der Waals surface area contributed by atoms with Gasteiger partial charge in [0.1, 0.15) is 11.3 Å². The van der Waals surface area contributed by atoms with Crippen LogP contribution in [-0.4, -0.2) is 16.1 Å². The van der Waals surface area contributed by atoms with E-state index in [1.807, 2.05) is 0 Å². The van der Waals surface area contributed by atoms with Gasteiger partial charge in [-0.3, -0.25) is 0 Å². The first-order valence-electron chi connectivity index (χ1n) is 3.20. The van der Waals surface area contributed by atoms with E-state index in [9.17, 15) is 18.0 Å². The molecule has 6 heteroatoms. The first kappa shape index (κ1) is 9.50. The number of alkyl halides is 2. The zero-order chi connectivity index (χ0) is 10.0. The average molecular weight is 191 g/mol. The summed E-state index contributed by atoms with van der Waals surface area (Å²) >= 11 is 0. The number of aromatic nitrogens is 1. The number of carboxylic acid groups (broad SMARTS) is 1. The van der Waals surface area contributed by atoms with E-state index in [1.165, 1.54) is 0 Å². The van der Waals surface area contributed by atoms with Crippen molar-refractivity contribution in [3.05, 3.63) is 29.3 Å². The van der Waals surface area contributed by atoms with Gasteiger partial charge in [-0.05, 0) is 12.1 Å². The van der Waals surface area contributed by atoms with E-state index in [0.717, 1.165) is 12.1 Å². The fourth-order valence-electron chi connectivity index (χ4n) is 0.729. The Morgan fingerprint density at radius 1 is 1.46 bits per heavy atom. The molecule has 0 saturated carbocycles.